The molecule has 1 saturated heterocycles. The number of benzene rings is 2. The van der Waals surface area contributed by atoms with Crippen LogP contribution in [0.25, 0.3) is 5.69 Å². The van der Waals surface area contributed by atoms with Crippen LogP contribution in [-0.2, 0) is 26.4 Å². The van der Waals surface area contributed by atoms with Gasteiger partial charge in [0.05, 0.1) is 12.3 Å². The lowest BCUT2D eigenvalue weighted by Gasteiger charge is -2.29. The number of amides is 2. The third-order valence-corrected chi connectivity index (χ3v) is 5.30. The van der Waals surface area contributed by atoms with Gasteiger partial charge >= 0.3 is 0 Å². The Morgan fingerprint density at radius 1 is 1.34 bits per heavy atom. The van der Waals surface area contributed by atoms with Crippen molar-refractivity contribution in [2.24, 2.45) is 0 Å². The van der Waals surface area contributed by atoms with Gasteiger partial charge in [-0.1, -0.05) is 29.8 Å². The Morgan fingerprint density at radius 2 is 2.16 bits per heavy atom. The van der Waals surface area contributed by atoms with Crippen LogP contribution in [0.3, 0.4) is 0 Å². The van der Waals surface area contributed by atoms with E-state index in [0.717, 1.165) is 6.07 Å². The summed E-state index contributed by atoms with van der Waals surface area (Å²) in [7, 11) is 0. The van der Waals surface area contributed by atoms with E-state index in [2.05, 4.69) is 26.3 Å². The van der Waals surface area contributed by atoms with E-state index in [-0.39, 0.29) is 5.56 Å². The molecular formula is C20H18ClFN6O4. The quantitative estimate of drug-likeness (QED) is 0.492. The van der Waals surface area contributed by atoms with Crippen LogP contribution in [0.4, 0.5) is 4.39 Å². The maximum atomic E-state index is 14.7. The van der Waals surface area contributed by atoms with Gasteiger partial charge in [0.2, 0.25) is 5.91 Å². The predicted molar refractivity (Wildman–Crippen MR) is 109 cm³/mol. The van der Waals surface area contributed by atoms with Crippen molar-refractivity contribution in [1.29, 1.82) is 0 Å². The van der Waals surface area contributed by atoms with Crippen molar-refractivity contribution in [1.82, 2.24) is 31.0 Å². The van der Waals surface area contributed by atoms with Gasteiger partial charge in [0, 0.05) is 17.0 Å². The first-order valence-corrected chi connectivity index (χ1v) is 9.98. The number of nitrogens with one attached hydrogen (secondary N) is 2. The summed E-state index contributed by atoms with van der Waals surface area (Å²) in [4.78, 5) is 30.6. The summed E-state index contributed by atoms with van der Waals surface area (Å²) in [6.07, 6.45) is 1.25. The Labute approximate surface area is 186 Å². The smallest absolute Gasteiger partial charge is 0.263 e. The second kappa shape index (κ2) is 9.09. The highest BCUT2D eigenvalue weighted by atomic mass is 35.5. The first kappa shape index (κ1) is 22.0. The average molecular weight is 461 g/mol. The highest BCUT2D eigenvalue weighted by Gasteiger charge is 2.42. The van der Waals surface area contributed by atoms with Crippen LogP contribution in [0, 0.1) is 5.82 Å². The lowest BCUT2D eigenvalue weighted by molar-refractivity contribution is -0.146. The summed E-state index contributed by atoms with van der Waals surface area (Å²) in [5, 5.41) is 25.0. The highest BCUT2D eigenvalue weighted by molar-refractivity contribution is 6.30. The fraction of sp³-hybridized carbons (Fsp3) is 0.250. The summed E-state index contributed by atoms with van der Waals surface area (Å²) < 4.78 is 16.0. The van der Waals surface area contributed by atoms with E-state index >= 15 is 0 Å². The molecule has 0 spiro atoms. The zero-order valence-electron chi connectivity index (χ0n) is 16.5. The van der Waals surface area contributed by atoms with Gasteiger partial charge in [0.25, 0.3) is 5.91 Å². The molecule has 0 bridgehead atoms. The van der Waals surface area contributed by atoms with Crippen molar-refractivity contribution < 1.29 is 23.9 Å². The molecule has 0 saturated carbocycles. The van der Waals surface area contributed by atoms with E-state index in [1.54, 1.807) is 12.1 Å². The van der Waals surface area contributed by atoms with Crippen molar-refractivity contribution in [3.8, 4) is 5.69 Å². The Kier molecular flexibility index (Phi) is 6.24. The van der Waals surface area contributed by atoms with Crippen LogP contribution in [-0.4, -0.2) is 49.8 Å². The van der Waals surface area contributed by atoms with Gasteiger partial charge in [-0.2, -0.15) is 5.48 Å². The molecule has 2 aromatic carbocycles. The first-order chi connectivity index (χ1) is 15.4. The molecule has 3 N–H and O–H groups in total. The fourth-order valence-electron chi connectivity index (χ4n) is 3.44. The zero-order chi connectivity index (χ0) is 22.7. The van der Waals surface area contributed by atoms with E-state index in [9.17, 15) is 19.1 Å². The van der Waals surface area contributed by atoms with Crippen molar-refractivity contribution in [3.05, 3.63) is 70.8 Å². The van der Waals surface area contributed by atoms with Gasteiger partial charge in [-0.3, -0.25) is 14.9 Å². The maximum Gasteiger partial charge on any atom is 0.263 e. The molecule has 1 aliphatic rings. The van der Waals surface area contributed by atoms with Crippen molar-refractivity contribution in [3.63, 3.8) is 0 Å². The summed E-state index contributed by atoms with van der Waals surface area (Å²) in [6.45, 7) is 0.293. The summed E-state index contributed by atoms with van der Waals surface area (Å²) in [5.74, 6) is -2.61. The minimum Gasteiger partial charge on any atom is -0.375 e. The number of rotatable bonds is 6. The van der Waals surface area contributed by atoms with Gasteiger partial charge in [-0.15, -0.1) is 5.10 Å². The maximum absolute atomic E-state index is 14.7. The Hall–Kier alpha value is -3.25. The first-order valence-electron chi connectivity index (χ1n) is 9.60. The third-order valence-electron chi connectivity index (χ3n) is 5.07. The lowest BCUT2D eigenvalue weighted by atomic mass is 9.85. The molecule has 2 atom stereocenters. The molecule has 3 aromatic rings. The van der Waals surface area contributed by atoms with E-state index < -0.39 is 35.7 Å². The minimum atomic E-state index is -2.45. The molecule has 0 aliphatic carbocycles. The number of aromatic nitrogens is 4. The van der Waals surface area contributed by atoms with Gasteiger partial charge in [-0.25, -0.2) is 9.07 Å². The fourth-order valence-corrected chi connectivity index (χ4v) is 3.64. The van der Waals surface area contributed by atoms with Crippen LogP contribution in [0.2, 0.25) is 5.02 Å². The SMILES string of the molecule is O=C(NC(=O)C(O)(Cc1cc(Cl)ccc1-n1cnnn1)c1ccccc1F)C1CCON1. The van der Waals surface area contributed by atoms with Gasteiger partial charge in [0.1, 0.15) is 18.2 Å². The lowest BCUT2D eigenvalue weighted by Crippen LogP contribution is -2.52. The molecule has 2 heterocycles. The highest BCUT2D eigenvalue weighted by Crippen LogP contribution is 2.32. The standard InChI is InChI=1S/C20H18ClFN6O4/c21-13-5-6-17(28-11-23-26-27-28)12(9-13)10-20(31,14-3-1-2-4-15(14)22)19(30)24-18(29)16-7-8-32-25-16/h1-6,9,11,16,25,31H,7-8,10H2,(H,24,29,30). The van der Waals surface area contributed by atoms with Crippen LogP contribution >= 0.6 is 11.6 Å². The van der Waals surface area contributed by atoms with Crippen LogP contribution in [0.5, 0.6) is 0 Å². The Bertz CT molecular complexity index is 1140. The number of halogens is 2. The van der Waals surface area contributed by atoms with Gasteiger partial charge in [-0.05, 0) is 46.7 Å². The molecule has 1 aliphatic heterocycles. The second-order valence-corrected chi connectivity index (χ2v) is 7.61. The third kappa shape index (κ3) is 4.36. The molecule has 10 nitrogen and oxygen atoms in total. The zero-order valence-corrected chi connectivity index (χ0v) is 17.3. The van der Waals surface area contributed by atoms with Gasteiger partial charge < -0.3 is 9.94 Å². The number of hydrogen-bond acceptors (Lipinski definition) is 8. The Morgan fingerprint density at radius 3 is 2.84 bits per heavy atom. The second-order valence-electron chi connectivity index (χ2n) is 7.17. The van der Waals surface area contributed by atoms with Crippen molar-refractivity contribution >= 4 is 23.4 Å². The molecule has 2 unspecified atom stereocenters. The number of carbonyl (C=O) groups excluding carboxylic acids is 2. The van der Waals surface area contributed by atoms with Crippen LogP contribution in [0.1, 0.15) is 17.5 Å². The normalized spacial score (nSPS) is 17.7. The summed E-state index contributed by atoms with van der Waals surface area (Å²) in [5.41, 5.74) is 0.497. The largest absolute Gasteiger partial charge is 0.375 e. The number of carbonyl (C=O) groups is 2. The molecule has 4 rings (SSSR count). The van der Waals surface area contributed by atoms with Gasteiger partial charge in [0.15, 0.2) is 5.60 Å². The van der Waals surface area contributed by atoms with E-state index in [0.29, 0.717) is 29.3 Å². The number of imide groups is 1. The van der Waals surface area contributed by atoms with E-state index in [4.69, 9.17) is 16.4 Å². The molecule has 2 amide bonds. The average Bonchev–Trinajstić information content (AvgIpc) is 3.48. The predicted octanol–water partition coefficient (Wildman–Crippen LogP) is 0.821. The topological polar surface area (TPSA) is 131 Å². The van der Waals surface area contributed by atoms with Crippen molar-refractivity contribution in [2.75, 3.05) is 6.61 Å². The van der Waals surface area contributed by atoms with Crippen LogP contribution in [0.15, 0.2) is 48.8 Å². The monoisotopic (exact) mass is 460 g/mol. The van der Waals surface area contributed by atoms with E-state index in [1.807, 2.05) is 0 Å². The molecule has 12 heteroatoms. The molecule has 0 radical (unpaired) electrons. The Balaban J connectivity index is 1.74. The van der Waals surface area contributed by atoms with Crippen molar-refractivity contribution in [2.45, 2.75) is 24.5 Å². The molecular weight excluding hydrogens is 443 g/mol. The number of nitrogens with zero attached hydrogens (tertiary/aromatic N) is 4. The number of aliphatic hydroxyl groups is 1. The molecule has 1 fully saturated rings. The molecule has 166 valence electrons. The number of tetrazole rings is 1. The van der Waals surface area contributed by atoms with Crippen LogP contribution < -0.4 is 10.8 Å². The van der Waals surface area contributed by atoms with E-state index in [1.165, 1.54) is 35.3 Å². The number of hydroxylamine groups is 1. The number of hydrogen-bond donors (Lipinski definition) is 3. The summed E-state index contributed by atoms with van der Waals surface area (Å²) in [6, 6.07) is 9.20. The molecule has 1 aromatic heterocycles. The minimum absolute atomic E-state index is 0.293. The summed E-state index contributed by atoms with van der Waals surface area (Å²) >= 11 is 6.14. The molecule has 32 heavy (non-hydrogen) atoms.